The predicted molar refractivity (Wildman–Crippen MR) is 240 cm³/mol. The smallest absolute Gasteiger partial charge is 0.143 e. The molecule has 1 heterocycles. The topological polar surface area (TPSA) is 16.4 Å². The fourth-order valence-electron chi connectivity index (χ4n) is 9.19. The highest BCUT2D eigenvalue weighted by Crippen LogP contribution is 2.51. The molecule has 0 saturated heterocycles. The van der Waals surface area contributed by atoms with Crippen LogP contribution in [0.15, 0.2) is 205 Å². The number of anilines is 3. The highest BCUT2D eigenvalue weighted by Gasteiger charge is 2.35. The van der Waals surface area contributed by atoms with Gasteiger partial charge in [0.15, 0.2) is 0 Å². The Labute approximate surface area is 332 Å². The SMILES string of the molecule is CC1(C)c2ccccc2-c2ccc(N(c3ccc(-c4cccc(-c5cccc6ccccc56)c4)cc3)c3ccc(-c4cccc5c4oc4ccccc45)cc3)cc21. The van der Waals surface area contributed by atoms with Gasteiger partial charge in [0, 0.05) is 38.8 Å². The average Bonchev–Trinajstić information content (AvgIpc) is 3.76. The van der Waals surface area contributed by atoms with Crippen molar-refractivity contribution in [3.8, 4) is 44.5 Å². The van der Waals surface area contributed by atoms with E-state index in [1.54, 1.807) is 0 Å². The third-order valence-corrected chi connectivity index (χ3v) is 12.1. The van der Waals surface area contributed by atoms with Gasteiger partial charge in [0.1, 0.15) is 11.2 Å². The fourth-order valence-corrected chi connectivity index (χ4v) is 9.19. The zero-order valence-electron chi connectivity index (χ0n) is 31.9. The van der Waals surface area contributed by atoms with Gasteiger partial charge in [-0.25, -0.2) is 0 Å². The number of benzene rings is 9. The van der Waals surface area contributed by atoms with Crippen LogP contribution in [0.5, 0.6) is 0 Å². The summed E-state index contributed by atoms with van der Waals surface area (Å²) in [6.45, 7) is 4.70. The second kappa shape index (κ2) is 13.0. The molecule has 0 fully saturated rings. The van der Waals surface area contributed by atoms with Gasteiger partial charge < -0.3 is 9.32 Å². The minimum absolute atomic E-state index is 0.109. The summed E-state index contributed by atoms with van der Waals surface area (Å²) >= 11 is 0. The maximum absolute atomic E-state index is 6.43. The van der Waals surface area contributed by atoms with Crippen LogP contribution in [-0.4, -0.2) is 0 Å². The second-order valence-electron chi connectivity index (χ2n) is 15.7. The molecule has 1 aromatic heterocycles. The van der Waals surface area contributed by atoms with Crippen molar-refractivity contribution in [1.29, 1.82) is 0 Å². The first-order chi connectivity index (χ1) is 28.0. The van der Waals surface area contributed by atoms with Crippen LogP contribution >= 0.6 is 0 Å². The van der Waals surface area contributed by atoms with Gasteiger partial charge in [-0.2, -0.15) is 0 Å². The molecule has 0 N–H and O–H groups in total. The van der Waals surface area contributed by atoms with Crippen molar-refractivity contribution >= 4 is 49.8 Å². The summed E-state index contributed by atoms with van der Waals surface area (Å²) in [7, 11) is 0. The van der Waals surface area contributed by atoms with E-state index in [0.717, 1.165) is 50.1 Å². The largest absolute Gasteiger partial charge is 0.455 e. The third kappa shape index (κ3) is 5.40. The van der Waals surface area contributed by atoms with Crippen molar-refractivity contribution in [3.05, 3.63) is 211 Å². The molecular formula is C55H39NO. The highest BCUT2D eigenvalue weighted by molar-refractivity contribution is 6.09. The molecule has 1 aliphatic rings. The van der Waals surface area contributed by atoms with Crippen LogP contribution in [0, 0.1) is 0 Å². The van der Waals surface area contributed by atoms with E-state index in [1.165, 1.54) is 55.3 Å². The summed E-state index contributed by atoms with van der Waals surface area (Å²) in [5.74, 6) is 0. The number of para-hydroxylation sites is 2. The van der Waals surface area contributed by atoms with Crippen molar-refractivity contribution in [2.45, 2.75) is 19.3 Å². The highest BCUT2D eigenvalue weighted by atomic mass is 16.3. The Balaban J connectivity index is 1.00. The molecule has 0 spiro atoms. The lowest BCUT2D eigenvalue weighted by molar-refractivity contribution is 0.660. The minimum Gasteiger partial charge on any atom is -0.455 e. The quantitative estimate of drug-likeness (QED) is 0.169. The first-order valence-corrected chi connectivity index (χ1v) is 19.8. The summed E-state index contributed by atoms with van der Waals surface area (Å²) in [5, 5.41) is 4.80. The molecular weight excluding hydrogens is 691 g/mol. The molecule has 2 nitrogen and oxygen atoms in total. The van der Waals surface area contributed by atoms with Crippen molar-refractivity contribution in [3.63, 3.8) is 0 Å². The standard InChI is InChI=1S/C55H39NO/c1-55(2)51-22-7-5-17-47(51)48-33-32-43(35-52(48)55)56(42-30-26-38(27-31-42)46-20-11-21-50-49-18-6-8-23-53(49)57-54(46)50)41-28-24-36(25-29-41)39-14-9-15-40(34-39)45-19-10-13-37-12-3-4-16-44(37)45/h3-35H,1-2H3. The Morgan fingerprint density at radius 1 is 0.368 bits per heavy atom. The molecule has 0 saturated carbocycles. The lowest BCUT2D eigenvalue weighted by Crippen LogP contribution is -2.16. The summed E-state index contributed by atoms with van der Waals surface area (Å²) in [4.78, 5) is 2.39. The first-order valence-electron chi connectivity index (χ1n) is 19.8. The lowest BCUT2D eigenvalue weighted by atomic mass is 9.82. The Morgan fingerprint density at radius 2 is 0.947 bits per heavy atom. The number of hydrogen-bond donors (Lipinski definition) is 0. The Hall–Kier alpha value is -7.16. The lowest BCUT2D eigenvalue weighted by Gasteiger charge is -2.28. The molecule has 0 amide bonds. The molecule has 0 aliphatic heterocycles. The zero-order valence-corrected chi connectivity index (χ0v) is 31.9. The van der Waals surface area contributed by atoms with E-state index in [9.17, 15) is 0 Å². The van der Waals surface area contributed by atoms with Crippen molar-refractivity contribution < 1.29 is 4.42 Å². The van der Waals surface area contributed by atoms with E-state index >= 15 is 0 Å². The Bertz CT molecular complexity index is 3140. The Kier molecular flexibility index (Phi) is 7.55. The monoisotopic (exact) mass is 729 g/mol. The van der Waals surface area contributed by atoms with E-state index in [0.29, 0.717) is 0 Å². The van der Waals surface area contributed by atoms with Crippen LogP contribution in [0.1, 0.15) is 25.0 Å². The predicted octanol–water partition coefficient (Wildman–Crippen LogP) is 15.5. The average molecular weight is 730 g/mol. The molecule has 0 unspecified atom stereocenters. The van der Waals surface area contributed by atoms with Crippen LogP contribution in [0.25, 0.3) is 77.2 Å². The van der Waals surface area contributed by atoms with E-state index in [4.69, 9.17) is 4.42 Å². The second-order valence-corrected chi connectivity index (χ2v) is 15.7. The molecule has 270 valence electrons. The number of nitrogens with zero attached hydrogens (tertiary/aromatic N) is 1. The van der Waals surface area contributed by atoms with Crippen LogP contribution in [0.2, 0.25) is 0 Å². The van der Waals surface area contributed by atoms with Crippen LogP contribution in [-0.2, 0) is 5.41 Å². The van der Waals surface area contributed by atoms with Crippen LogP contribution in [0.3, 0.4) is 0 Å². The van der Waals surface area contributed by atoms with Gasteiger partial charge in [0.25, 0.3) is 0 Å². The van der Waals surface area contributed by atoms with E-state index in [2.05, 4.69) is 207 Å². The molecule has 0 atom stereocenters. The zero-order chi connectivity index (χ0) is 38.1. The van der Waals surface area contributed by atoms with Crippen molar-refractivity contribution in [1.82, 2.24) is 0 Å². The van der Waals surface area contributed by atoms with Crippen molar-refractivity contribution in [2.75, 3.05) is 4.90 Å². The maximum Gasteiger partial charge on any atom is 0.143 e. The number of furan rings is 1. The van der Waals surface area contributed by atoms with Gasteiger partial charge in [0.2, 0.25) is 0 Å². The van der Waals surface area contributed by atoms with Gasteiger partial charge in [-0.3, -0.25) is 0 Å². The van der Waals surface area contributed by atoms with Gasteiger partial charge in [-0.05, 0) is 109 Å². The summed E-state index contributed by atoms with van der Waals surface area (Å²) < 4.78 is 6.43. The molecule has 10 aromatic rings. The van der Waals surface area contributed by atoms with Crippen LogP contribution in [0.4, 0.5) is 17.1 Å². The molecule has 0 radical (unpaired) electrons. The maximum atomic E-state index is 6.43. The Morgan fingerprint density at radius 3 is 1.79 bits per heavy atom. The summed E-state index contributed by atoms with van der Waals surface area (Å²) in [6.07, 6.45) is 0. The molecule has 11 rings (SSSR count). The van der Waals surface area contributed by atoms with E-state index < -0.39 is 0 Å². The molecule has 1 aliphatic carbocycles. The molecule has 57 heavy (non-hydrogen) atoms. The molecule has 0 bridgehead atoms. The third-order valence-electron chi connectivity index (χ3n) is 12.1. The van der Waals surface area contributed by atoms with Gasteiger partial charge >= 0.3 is 0 Å². The van der Waals surface area contributed by atoms with Gasteiger partial charge in [0.05, 0.1) is 0 Å². The van der Waals surface area contributed by atoms with E-state index in [-0.39, 0.29) is 5.41 Å². The van der Waals surface area contributed by atoms with E-state index in [1.807, 2.05) is 12.1 Å². The fraction of sp³-hybridized carbons (Fsp3) is 0.0545. The normalized spacial score (nSPS) is 12.9. The molecule has 2 heteroatoms. The minimum atomic E-state index is -0.109. The number of rotatable bonds is 6. The van der Waals surface area contributed by atoms with Gasteiger partial charge in [-0.1, -0.05) is 166 Å². The first kappa shape index (κ1) is 33.2. The van der Waals surface area contributed by atoms with Crippen LogP contribution < -0.4 is 4.90 Å². The number of hydrogen-bond acceptors (Lipinski definition) is 2. The number of fused-ring (bicyclic) bond motifs is 7. The van der Waals surface area contributed by atoms with Crippen molar-refractivity contribution in [2.24, 2.45) is 0 Å². The van der Waals surface area contributed by atoms with Gasteiger partial charge in [-0.15, -0.1) is 0 Å². The molecule has 9 aromatic carbocycles. The summed E-state index contributed by atoms with van der Waals surface area (Å²) in [6, 6.07) is 72.6. The summed E-state index contributed by atoms with van der Waals surface area (Å²) in [5.41, 5.74) is 17.5.